The number of carbonyl (C=O) groups excluding carboxylic acids is 2. The molecule has 1 aliphatic heterocycles. The maximum absolute atomic E-state index is 13.0. The van der Waals surface area contributed by atoms with E-state index in [0.717, 1.165) is 16.7 Å². The van der Waals surface area contributed by atoms with Gasteiger partial charge < -0.3 is 10.2 Å². The van der Waals surface area contributed by atoms with Crippen molar-refractivity contribution in [2.24, 2.45) is 7.05 Å². The molecule has 1 atom stereocenters. The highest BCUT2D eigenvalue weighted by molar-refractivity contribution is 8.00. The fourth-order valence-electron chi connectivity index (χ4n) is 3.22. The van der Waals surface area contributed by atoms with Gasteiger partial charge in [-0.2, -0.15) is 5.10 Å². The fraction of sp³-hybridized carbons (Fsp3) is 0.278. The Kier molecular flexibility index (Phi) is 4.53. The minimum atomic E-state index is -0.231. The third-order valence-electron chi connectivity index (χ3n) is 4.45. The van der Waals surface area contributed by atoms with E-state index in [1.807, 2.05) is 38.2 Å². The number of thioether (sulfide) groups is 1. The Morgan fingerprint density at radius 3 is 3.00 bits per heavy atom. The van der Waals surface area contributed by atoms with Crippen LogP contribution < -0.4 is 10.2 Å². The second-order valence-corrected chi connectivity index (χ2v) is 7.32. The number of aryl methyl sites for hydroxylation is 1. The highest BCUT2D eigenvalue weighted by atomic mass is 32.2. The van der Waals surface area contributed by atoms with Crippen LogP contribution in [0.25, 0.3) is 11.0 Å². The van der Waals surface area contributed by atoms with Crippen LogP contribution >= 0.6 is 11.8 Å². The van der Waals surface area contributed by atoms with Crippen LogP contribution in [0.15, 0.2) is 41.8 Å². The first-order chi connectivity index (χ1) is 13.0. The Hall–Kier alpha value is -2.94. The Morgan fingerprint density at radius 1 is 1.33 bits per heavy atom. The van der Waals surface area contributed by atoms with E-state index < -0.39 is 0 Å². The molecular weight excluding hydrogens is 364 g/mol. The highest BCUT2D eigenvalue weighted by Crippen LogP contribution is 2.32. The zero-order chi connectivity index (χ0) is 19.0. The van der Waals surface area contributed by atoms with Crippen molar-refractivity contribution >= 4 is 46.0 Å². The van der Waals surface area contributed by atoms with Crippen molar-refractivity contribution < 1.29 is 9.59 Å². The number of amides is 2. The summed E-state index contributed by atoms with van der Waals surface area (Å²) in [4.78, 5) is 35.3. The minimum Gasteiger partial charge on any atom is -0.324 e. The molecule has 0 saturated heterocycles. The molecule has 3 heterocycles. The summed E-state index contributed by atoms with van der Waals surface area (Å²) in [7, 11) is 1.81. The zero-order valence-corrected chi connectivity index (χ0v) is 15.7. The number of anilines is 2. The first-order valence-corrected chi connectivity index (χ1v) is 9.49. The van der Waals surface area contributed by atoms with Crippen LogP contribution in [0, 0.1) is 0 Å². The van der Waals surface area contributed by atoms with E-state index in [0.29, 0.717) is 10.7 Å². The summed E-state index contributed by atoms with van der Waals surface area (Å²) in [6, 6.07) is 7.13. The van der Waals surface area contributed by atoms with E-state index in [9.17, 15) is 9.59 Å². The molecular formula is C18H18N6O2S. The lowest BCUT2D eigenvalue weighted by Gasteiger charge is -2.27. The summed E-state index contributed by atoms with van der Waals surface area (Å²) >= 11 is 1.35. The van der Waals surface area contributed by atoms with Gasteiger partial charge in [0.1, 0.15) is 11.4 Å². The Morgan fingerprint density at radius 2 is 2.15 bits per heavy atom. The maximum atomic E-state index is 13.0. The average Bonchev–Trinajstić information content (AvgIpc) is 2.97. The second-order valence-electron chi connectivity index (χ2n) is 6.36. The van der Waals surface area contributed by atoms with E-state index in [4.69, 9.17) is 0 Å². The molecule has 27 heavy (non-hydrogen) atoms. The molecule has 2 aromatic heterocycles. The van der Waals surface area contributed by atoms with Gasteiger partial charge in [0.2, 0.25) is 11.8 Å². The number of hydrogen-bond donors (Lipinski definition) is 1. The number of para-hydroxylation sites is 2. The summed E-state index contributed by atoms with van der Waals surface area (Å²) in [5.41, 5.74) is 2.10. The molecule has 0 saturated carbocycles. The number of benzene rings is 1. The SMILES string of the molecule is C[C@@H]1CC(=O)Nc2ccccc2N1C(=O)CSc1ncnc2c1cnn2C. The van der Waals surface area contributed by atoms with Crippen LogP contribution in [0.2, 0.25) is 0 Å². The van der Waals surface area contributed by atoms with E-state index in [2.05, 4.69) is 20.4 Å². The van der Waals surface area contributed by atoms with Gasteiger partial charge in [0.25, 0.3) is 0 Å². The van der Waals surface area contributed by atoms with Crippen molar-refractivity contribution in [3.05, 3.63) is 36.8 Å². The third kappa shape index (κ3) is 3.25. The lowest BCUT2D eigenvalue weighted by Crippen LogP contribution is -2.40. The van der Waals surface area contributed by atoms with E-state index in [1.165, 1.54) is 18.1 Å². The number of nitrogens with zero attached hydrogens (tertiary/aromatic N) is 5. The Labute approximate surface area is 160 Å². The molecule has 4 rings (SSSR count). The second kappa shape index (κ2) is 6.99. The lowest BCUT2D eigenvalue weighted by molar-refractivity contribution is -0.117. The fourth-order valence-corrected chi connectivity index (χ4v) is 4.04. The van der Waals surface area contributed by atoms with Gasteiger partial charge in [-0.05, 0) is 19.1 Å². The smallest absolute Gasteiger partial charge is 0.237 e. The predicted octanol–water partition coefficient (Wildman–Crippen LogP) is 2.22. The molecule has 0 unspecified atom stereocenters. The van der Waals surface area contributed by atoms with Gasteiger partial charge in [0.15, 0.2) is 5.65 Å². The Bertz CT molecular complexity index is 1030. The molecule has 138 valence electrons. The quantitative estimate of drug-likeness (QED) is 0.551. The molecule has 1 N–H and O–H groups in total. The molecule has 0 fully saturated rings. The van der Waals surface area contributed by atoms with Crippen molar-refractivity contribution in [2.45, 2.75) is 24.4 Å². The number of aromatic nitrogens is 4. The first kappa shape index (κ1) is 17.5. The number of fused-ring (bicyclic) bond motifs is 2. The van der Waals surface area contributed by atoms with Crippen LogP contribution in [0.4, 0.5) is 11.4 Å². The summed E-state index contributed by atoms with van der Waals surface area (Å²) in [5.74, 6) is 0.0336. The number of nitrogens with one attached hydrogen (secondary N) is 1. The molecule has 0 radical (unpaired) electrons. The monoisotopic (exact) mass is 382 g/mol. The standard InChI is InChI=1S/C18H18N6O2S/c1-11-7-15(25)22-13-5-3-4-6-14(13)24(11)16(26)9-27-18-12-8-21-23(2)17(12)19-10-20-18/h3-6,8,10-11H,7,9H2,1-2H3,(H,22,25)/t11-/m1/s1. The van der Waals surface area contributed by atoms with Crippen LogP contribution in [-0.4, -0.2) is 43.4 Å². The molecule has 0 aliphatic carbocycles. The summed E-state index contributed by atoms with van der Waals surface area (Å²) in [6.45, 7) is 1.88. The summed E-state index contributed by atoms with van der Waals surface area (Å²) in [6.07, 6.45) is 3.43. The van der Waals surface area contributed by atoms with Gasteiger partial charge in [-0.15, -0.1) is 0 Å². The van der Waals surface area contributed by atoms with Crippen LogP contribution in [0.3, 0.4) is 0 Å². The molecule has 2 amide bonds. The van der Waals surface area contributed by atoms with Gasteiger partial charge in [-0.1, -0.05) is 23.9 Å². The van der Waals surface area contributed by atoms with Crippen molar-refractivity contribution in [2.75, 3.05) is 16.0 Å². The van der Waals surface area contributed by atoms with E-state index in [1.54, 1.807) is 15.8 Å². The van der Waals surface area contributed by atoms with Crippen molar-refractivity contribution in [1.29, 1.82) is 0 Å². The molecule has 0 spiro atoms. The average molecular weight is 382 g/mol. The molecule has 0 bridgehead atoms. The van der Waals surface area contributed by atoms with Crippen molar-refractivity contribution in [3.63, 3.8) is 0 Å². The molecule has 1 aliphatic rings. The number of hydrogen-bond acceptors (Lipinski definition) is 6. The van der Waals surface area contributed by atoms with Crippen molar-refractivity contribution in [1.82, 2.24) is 19.7 Å². The zero-order valence-electron chi connectivity index (χ0n) is 14.9. The molecule has 3 aromatic rings. The largest absolute Gasteiger partial charge is 0.324 e. The van der Waals surface area contributed by atoms with E-state index >= 15 is 0 Å². The molecule has 9 heteroatoms. The molecule has 8 nitrogen and oxygen atoms in total. The number of rotatable bonds is 3. The summed E-state index contributed by atoms with van der Waals surface area (Å²) in [5, 5.41) is 8.60. The maximum Gasteiger partial charge on any atom is 0.237 e. The van der Waals surface area contributed by atoms with Crippen LogP contribution in [0.1, 0.15) is 13.3 Å². The first-order valence-electron chi connectivity index (χ1n) is 8.51. The molecule has 1 aromatic carbocycles. The van der Waals surface area contributed by atoms with E-state index in [-0.39, 0.29) is 30.0 Å². The van der Waals surface area contributed by atoms with Gasteiger partial charge in [0.05, 0.1) is 28.7 Å². The highest BCUT2D eigenvalue weighted by Gasteiger charge is 2.29. The topological polar surface area (TPSA) is 93.0 Å². The van der Waals surface area contributed by atoms with Crippen LogP contribution in [-0.2, 0) is 16.6 Å². The normalized spacial score (nSPS) is 16.7. The van der Waals surface area contributed by atoms with Gasteiger partial charge in [0, 0.05) is 19.5 Å². The predicted molar refractivity (Wildman–Crippen MR) is 104 cm³/mol. The number of carbonyl (C=O) groups is 2. The van der Waals surface area contributed by atoms with Gasteiger partial charge >= 0.3 is 0 Å². The lowest BCUT2D eigenvalue weighted by atomic mass is 10.2. The minimum absolute atomic E-state index is 0.0768. The third-order valence-corrected chi connectivity index (χ3v) is 5.44. The van der Waals surface area contributed by atoms with Crippen molar-refractivity contribution in [3.8, 4) is 0 Å². The Balaban J connectivity index is 1.59. The van der Waals surface area contributed by atoms with Crippen LogP contribution in [0.5, 0.6) is 0 Å². The summed E-state index contributed by atoms with van der Waals surface area (Å²) < 4.78 is 1.67. The van der Waals surface area contributed by atoms with Gasteiger partial charge in [-0.3, -0.25) is 14.3 Å². The van der Waals surface area contributed by atoms with Gasteiger partial charge in [-0.25, -0.2) is 9.97 Å².